The molecule has 0 saturated heterocycles. The van der Waals surface area contributed by atoms with Crippen LogP contribution >= 0.6 is 7.60 Å². The maximum Gasteiger partial charge on any atom is 0.356 e. The van der Waals surface area contributed by atoms with Gasteiger partial charge in [0.25, 0.3) is 0 Å². The van der Waals surface area contributed by atoms with Crippen molar-refractivity contribution < 1.29 is 46.8 Å². The van der Waals surface area contributed by atoms with Crippen LogP contribution in [0.15, 0.2) is 0 Å². The molecule has 0 unspecified atom stereocenters. The predicted molar refractivity (Wildman–Crippen MR) is 73.8 cm³/mol. The summed E-state index contributed by atoms with van der Waals surface area (Å²) < 4.78 is 29.4. The van der Waals surface area contributed by atoms with E-state index in [1.54, 1.807) is 0 Å². The van der Waals surface area contributed by atoms with Crippen LogP contribution in [0.2, 0.25) is 0 Å². The molecule has 0 aliphatic rings. The summed E-state index contributed by atoms with van der Waals surface area (Å²) in [5, 5.41) is 0. The van der Waals surface area contributed by atoms with Crippen molar-refractivity contribution in [3.63, 3.8) is 0 Å². The minimum Gasteiger partial charge on any atom is -1.00 e. The van der Waals surface area contributed by atoms with Gasteiger partial charge in [0.1, 0.15) is 12.9 Å². The van der Waals surface area contributed by atoms with Crippen LogP contribution in [0.4, 0.5) is 0 Å². The van der Waals surface area contributed by atoms with E-state index in [-0.39, 0.29) is 42.5 Å². The molecule has 0 rings (SSSR count). The van der Waals surface area contributed by atoms with Crippen molar-refractivity contribution >= 4 is 7.60 Å². The lowest BCUT2D eigenvalue weighted by Gasteiger charge is -2.25. The number of ether oxygens (including phenoxy) is 1. The van der Waals surface area contributed by atoms with E-state index in [1.165, 1.54) is 0 Å². The fourth-order valence-corrected chi connectivity index (χ4v) is 3.05. The van der Waals surface area contributed by atoms with Crippen LogP contribution in [-0.2, 0) is 18.3 Å². The Labute approximate surface area is 135 Å². The molecule has 7 heteroatoms. The molecular formula is C12H29INO4P. The summed E-state index contributed by atoms with van der Waals surface area (Å²) in [6.07, 6.45) is -0.267. The van der Waals surface area contributed by atoms with E-state index in [9.17, 15) is 4.57 Å². The summed E-state index contributed by atoms with van der Waals surface area (Å²) in [5.41, 5.74) is 0. The van der Waals surface area contributed by atoms with Gasteiger partial charge >= 0.3 is 7.60 Å². The van der Waals surface area contributed by atoms with Crippen molar-refractivity contribution in [1.29, 1.82) is 0 Å². The van der Waals surface area contributed by atoms with Gasteiger partial charge in [0.2, 0.25) is 0 Å². The SMILES string of the molecule is CC(C)OP(=O)(COCC[N+](C)(C)C)OC(C)C.[I-]. The van der Waals surface area contributed by atoms with Gasteiger partial charge < -0.3 is 42.2 Å². The highest BCUT2D eigenvalue weighted by Crippen LogP contribution is 2.50. The quantitative estimate of drug-likeness (QED) is 0.227. The Morgan fingerprint density at radius 1 is 1.00 bits per heavy atom. The summed E-state index contributed by atoms with van der Waals surface area (Å²) in [6, 6.07) is 0. The maximum atomic E-state index is 12.4. The Balaban J connectivity index is 0. The van der Waals surface area contributed by atoms with E-state index >= 15 is 0 Å². The topological polar surface area (TPSA) is 44.8 Å². The van der Waals surface area contributed by atoms with E-state index in [2.05, 4.69) is 21.1 Å². The largest absolute Gasteiger partial charge is 1.00 e. The zero-order chi connectivity index (χ0) is 14.4. The Morgan fingerprint density at radius 2 is 1.42 bits per heavy atom. The molecule has 0 spiro atoms. The Morgan fingerprint density at radius 3 is 1.74 bits per heavy atom. The Kier molecular flexibility index (Phi) is 11.3. The summed E-state index contributed by atoms with van der Waals surface area (Å²) in [6.45, 7) is 8.73. The lowest BCUT2D eigenvalue weighted by molar-refractivity contribution is -0.870. The fraction of sp³-hybridized carbons (Fsp3) is 1.00. The van der Waals surface area contributed by atoms with Crippen molar-refractivity contribution in [1.82, 2.24) is 0 Å². The van der Waals surface area contributed by atoms with Gasteiger partial charge in [0.15, 0.2) is 0 Å². The molecule has 0 aliphatic heterocycles. The van der Waals surface area contributed by atoms with E-state index in [0.717, 1.165) is 11.0 Å². The smallest absolute Gasteiger partial charge is 0.356 e. The number of hydrogen-bond donors (Lipinski definition) is 0. The second-order valence-corrected chi connectivity index (χ2v) is 7.87. The third kappa shape index (κ3) is 13.5. The molecule has 0 radical (unpaired) electrons. The fourth-order valence-electron chi connectivity index (χ4n) is 1.24. The Bertz CT molecular complexity index is 265. The third-order valence-electron chi connectivity index (χ3n) is 1.90. The first-order valence-corrected chi connectivity index (χ1v) is 8.11. The van der Waals surface area contributed by atoms with Crippen LogP contribution in [0.25, 0.3) is 0 Å². The molecule has 0 fully saturated rings. The van der Waals surface area contributed by atoms with Crippen molar-refractivity contribution in [2.45, 2.75) is 39.9 Å². The van der Waals surface area contributed by atoms with E-state index in [0.29, 0.717) is 6.61 Å². The molecule has 0 aliphatic carbocycles. The van der Waals surface area contributed by atoms with Gasteiger partial charge in [-0.25, -0.2) is 0 Å². The number of nitrogens with zero attached hydrogens (tertiary/aromatic N) is 1. The number of rotatable bonds is 9. The highest BCUT2D eigenvalue weighted by atomic mass is 127. The van der Waals surface area contributed by atoms with Crippen molar-refractivity contribution in [3.8, 4) is 0 Å². The zero-order valence-electron chi connectivity index (χ0n) is 13.2. The second kappa shape index (κ2) is 9.68. The first kappa shape index (κ1) is 22.1. The number of likely N-dealkylation sites (N-methyl/N-ethyl adjacent to an activating group) is 1. The molecule has 118 valence electrons. The standard InChI is InChI=1S/C12H29NO4P.HI/c1-11(2)16-18(14,17-12(3)4)10-15-9-8-13(5,6)7;/h11-12H,8-10H2,1-7H3;1H/q+1;/p-1. The number of hydrogen-bond acceptors (Lipinski definition) is 4. The van der Waals surface area contributed by atoms with E-state index in [1.807, 2.05) is 27.7 Å². The Hall–Kier alpha value is 0.800. The number of quaternary nitrogens is 1. The molecule has 5 nitrogen and oxygen atoms in total. The average molecular weight is 409 g/mol. The molecule has 0 amide bonds. The minimum absolute atomic E-state index is 0. The van der Waals surface area contributed by atoms with Gasteiger partial charge in [-0.2, -0.15) is 0 Å². The second-order valence-electron chi connectivity index (χ2n) is 5.97. The molecule has 0 bridgehead atoms. The lowest BCUT2D eigenvalue weighted by atomic mass is 10.5. The van der Waals surface area contributed by atoms with Crippen molar-refractivity contribution in [2.75, 3.05) is 40.6 Å². The highest BCUT2D eigenvalue weighted by Gasteiger charge is 2.28. The van der Waals surface area contributed by atoms with E-state index < -0.39 is 7.60 Å². The number of halogens is 1. The molecule has 0 atom stereocenters. The van der Waals surface area contributed by atoms with Gasteiger partial charge in [-0.05, 0) is 27.7 Å². The molecule has 0 saturated carbocycles. The molecule has 0 heterocycles. The first-order valence-electron chi connectivity index (χ1n) is 6.38. The van der Waals surface area contributed by atoms with Gasteiger partial charge in [-0.3, -0.25) is 4.57 Å². The first-order chi connectivity index (χ1) is 8.04. The normalized spacial score (nSPS) is 12.9. The van der Waals surface area contributed by atoms with Gasteiger partial charge in [0.05, 0.1) is 40.0 Å². The summed E-state index contributed by atoms with van der Waals surface area (Å²) in [4.78, 5) is 0. The van der Waals surface area contributed by atoms with Crippen LogP contribution in [0.5, 0.6) is 0 Å². The average Bonchev–Trinajstić information content (AvgIpc) is 2.08. The summed E-state index contributed by atoms with van der Waals surface area (Å²) in [7, 11) is 3.10. The third-order valence-corrected chi connectivity index (χ3v) is 3.88. The van der Waals surface area contributed by atoms with Crippen LogP contribution < -0.4 is 24.0 Å². The van der Waals surface area contributed by atoms with Crippen LogP contribution in [0, 0.1) is 0 Å². The molecule has 0 aromatic heterocycles. The highest BCUT2D eigenvalue weighted by molar-refractivity contribution is 7.53. The maximum absolute atomic E-state index is 12.4. The lowest BCUT2D eigenvalue weighted by Crippen LogP contribution is -3.00. The van der Waals surface area contributed by atoms with Gasteiger partial charge in [-0.1, -0.05) is 0 Å². The monoisotopic (exact) mass is 409 g/mol. The molecule has 0 aromatic rings. The van der Waals surface area contributed by atoms with Crippen LogP contribution in [-0.4, -0.2) is 57.3 Å². The van der Waals surface area contributed by atoms with Gasteiger partial charge in [-0.15, -0.1) is 0 Å². The minimum atomic E-state index is -3.14. The van der Waals surface area contributed by atoms with Gasteiger partial charge in [0, 0.05) is 0 Å². The van der Waals surface area contributed by atoms with Crippen LogP contribution in [0.3, 0.4) is 0 Å². The summed E-state index contributed by atoms with van der Waals surface area (Å²) >= 11 is 0. The molecule has 0 N–H and O–H groups in total. The van der Waals surface area contributed by atoms with Crippen molar-refractivity contribution in [3.05, 3.63) is 0 Å². The predicted octanol–water partition coefficient (Wildman–Crippen LogP) is -0.286. The molecule has 19 heavy (non-hydrogen) atoms. The van der Waals surface area contributed by atoms with E-state index in [4.69, 9.17) is 13.8 Å². The van der Waals surface area contributed by atoms with Crippen molar-refractivity contribution in [2.24, 2.45) is 0 Å². The van der Waals surface area contributed by atoms with Crippen LogP contribution in [0.1, 0.15) is 27.7 Å². The summed E-state index contributed by atoms with van der Waals surface area (Å²) in [5.74, 6) is 0. The molecular weight excluding hydrogens is 380 g/mol. The zero-order valence-corrected chi connectivity index (χ0v) is 16.2. The molecule has 0 aromatic carbocycles.